The summed E-state index contributed by atoms with van der Waals surface area (Å²) in [5, 5.41) is 8.03. The first kappa shape index (κ1) is 17.3. The Kier molecular flexibility index (Phi) is 4.64. The summed E-state index contributed by atoms with van der Waals surface area (Å²) in [7, 11) is 1.58. The van der Waals surface area contributed by atoms with Crippen LogP contribution in [0.1, 0.15) is 26.5 Å². The van der Waals surface area contributed by atoms with Crippen molar-refractivity contribution in [3.63, 3.8) is 0 Å². The first-order valence-corrected chi connectivity index (χ1v) is 8.86. The van der Waals surface area contributed by atoms with Crippen LogP contribution in [-0.4, -0.2) is 58.3 Å². The highest BCUT2D eigenvalue weighted by atomic mass is 16.5. The van der Waals surface area contributed by atoms with E-state index in [0.717, 1.165) is 16.6 Å². The second-order valence-corrected chi connectivity index (χ2v) is 6.47. The molecule has 0 bridgehead atoms. The van der Waals surface area contributed by atoms with Gasteiger partial charge >= 0.3 is 0 Å². The zero-order valence-corrected chi connectivity index (χ0v) is 15.1. The minimum Gasteiger partial charge on any atom is -0.383 e. The van der Waals surface area contributed by atoms with Crippen molar-refractivity contribution in [1.82, 2.24) is 25.0 Å². The monoisotopic (exact) mass is 367 g/mol. The standard InChI is InChI=1S/C19H21N5O3/c1-27-9-6-20-18(25)17-10-13-12-23(7-8-24(13)22-17)19(26)15-11-21-16-5-3-2-4-14(15)16/h2-5,10-11,21H,6-9,12H2,1H3,(H,20,25). The van der Waals surface area contributed by atoms with Crippen LogP contribution in [0.25, 0.3) is 10.9 Å². The van der Waals surface area contributed by atoms with Crippen molar-refractivity contribution in [3.8, 4) is 0 Å². The molecule has 2 amide bonds. The lowest BCUT2D eigenvalue weighted by molar-refractivity contribution is 0.0707. The fraction of sp³-hybridized carbons (Fsp3) is 0.316. The third-order valence-corrected chi connectivity index (χ3v) is 4.73. The van der Waals surface area contributed by atoms with Gasteiger partial charge in [0, 0.05) is 37.3 Å². The number of nitrogens with one attached hydrogen (secondary N) is 2. The van der Waals surface area contributed by atoms with Crippen LogP contribution >= 0.6 is 0 Å². The number of methoxy groups -OCH3 is 1. The Hall–Kier alpha value is -3.13. The number of nitrogens with zero attached hydrogens (tertiary/aromatic N) is 3. The Morgan fingerprint density at radius 1 is 1.30 bits per heavy atom. The van der Waals surface area contributed by atoms with Crippen molar-refractivity contribution in [2.75, 3.05) is 26.8 Å². The highest BCUT2D eigenvalue weighted by Gasteiger charge is 2.26. The van der Waals surface area contributed by atoms with E-state index in [4.69, 9.17) is 4.74 Å². The number of ether oxygens (including phenoxy) is 1. The second kappa shape index (κ2) is 7.24. The van der Waals surface area contributed by atoms with Gasteiger partial charge < -0.3 is 19.9 Å². The fourth-order valence-corrected chi connectivity index (χ4v) is 3.33. The number of fused-ring (bicyclic) bond motifs is 2. The van der Waals surface area contributed by atoms with E-state index in [0.29, 0.717) is 44.0 Å². The zero-order chi connectivity index (χ0) is 18.8. The summed E-state index contributed by atoms with van der Waals surface area (Å²) in [5.41, 5.74) is 2.82. The first-order chi connectivity index (χ1) is 13.2. The molecule has 8 nitrogen and oxygen atoms in total. The summed E-state index contributed by atoms with van der Waals surface area (Å²) < 4.78 is 6.72. The summed E-state index contributed by atoms with van der Waals surface area (Å²) in [4.78, 5) is 30.1. The zero-order valence-electron chi connectivity index (χ0n) is 15.1. The molecule has 2 aromatic heterocycles. The van der Waals surface area contributed by atoms with E-state index in [-0.39, 0.29) is 11.8 Å². The van der Waals surface area contributed by atoms with Crippen molar-refractivity contribution in [2.45, 2.75) is 13.1 Å². The molecule has 1 aromatic carbocycles. The second-order valence-electron chi connectivity index (χ2n) is 6.47. The molecule has 0 atom stereocenters. The summed E-state index contributed by atoms with van der Waals surface area (Å²) in [5.74, 6) is -0.255. The van der Waals surface area contributed by atoms with Crippen LogP contribution in [0.2, 0.25) is 0 Å². The average Bonchev–Trinajstić information content (AvgIpc) is 3.31. The number of benzene rings is 1. The van der Waals surface area contributed by atoms with Crippen LogP contribution < -0.4 is 5.32 Å². The van der Waals surface area contributed by atoms with Crippen molar-refractivity contribution in [1.29, 1.82) is 0 Å². The molecule has 0 fully saturated rings. The van der Waals surface area contributed by atoms with Gasteiger partial charge in [-0.2, -0.15) is 5.10 Å². The molecule has 0 saturated heterocycles. The van der Waals surface area contributed by atoms with Crippen LogP contribution in [0.3, 0.4) is 0 Å². The van der Waals surface area contributed by atoms with Crippen molar-refractivity contribution in [3.05, 3.63) is 53.5 Å². The van der Waals surface area contributed by atoms with Gasteiger partial charge in [-0.05, 0) is 12.1 Å². The quantitative estimate of drug-likeness (QED) is 0.667. The van der Waals surface area contributed by atoms with Gasteiger partial charge in [0.15, 0.2) is 5.69 Å². The van der Waals surface area contributed by atoms with Gasteiger partial charge in [0.2, 0.25) is 0 Å². The molecule has 2 N–H and O–H groups in total. The maximum absolute atomic E-state index is 13.0. The lowest BCUT2D eigenvalue weighted by Gasteiger charge is -2.27. The van der Waals surface area contributed by atoms with E-state index < -0.39 is 0 Å². The van der Waals surface area contributed by atoms with E-state index in [1.165, 1.54) is 0 Å². The van der Waals surface area contributed by atoms with Gasteiger partial charge in [0.1, 0.15) is 0 Å². The van der Waals surface area contributed by atoms with E-state index in [2.05, 4.69) is 15.4 Å². The number of carbonyl (C=O) groups excluding carboxylic acids is 2. The Balaban J connectivity index is 1.49. The number of amides is 2. The number of carbonyl (C=O) groups is 2. The molecule has 4 rings (SSSR count). The lowest BCUT2D eigenvalue weighted by atomic mass is 10.1. The van der Waals surface area contributed by atoms with Crippen LogP contribution in [-0.2, 0) is 17.8 Å². The predicted octanol–water partition coefficient (Wildman–Crippen LogP) is 1.40. The third kappa shape index (κ3) is 3.31. The Morgan fingerprint density at radius 3 is 3.00 bits per heavy atom. The largest absolute Gasteiger partial charge is 0.383 e. The molecule has 3 aromatic rings. The third-order valence-electron chi connectivity index (χ3n) is 4.73. The van der Waals surface area contributed by atoms with Crippen molar-refractivity contribution in [2.24, 2.45) is 0 Å². The molecular weight excluding hydrogens is 346 g/mol. The molecule has 27 heavy (non-hydrogen) atoms. The highest BCUT2D eigenvalue weighted by molar-refractivity contribution is 6.06. The minimum atomic E-state index is -0.233. The van der Waals surface area contributed by atoms with Gasteiger partial charge in [0.25, 0.3) is 11.8 Å². The molecule has 140 valence electrons. The molecular formula is C19H21N5O3. The smallest absolute Gasteiger partial charge is 0.271 e. The van der Waals surface area contributed by atoms with Crippen LogP contribution in [0, 0.1) is 0 Å². The van der Waals surface area contributed by atoms with Gasteiger partial charge in [0.05, 0.1) is 31.0 Å². The molecule has 8 heteroatoms. The molecule has 1 aliphatic rings. The van der Waals surface area contributed by atoms with E-state index >= 15 is 0 Å². The van der Waals surface area contributed by atoms with Gasteiger partial charge in [-0.25, -0.2) is 0 Å². The Morgan fingerprint density at radius 2 is 2.15 bits per heavy atom. The topological polar surface area (TPSA) is 92.2 Å². The highest BCUT2D eigenvalue weighted by Crippen LogP contribution is 2.22. The Bertz CT molecular complexity index is 990. The van der Waals surface area contributed by atoms with E-state index in [1.807, 2.05) is 24.3 Å². The molecule has 0 aliphatic carbocycles. The number of hydrogen-bond donors (Lipinski definition) is 2. The predicted molar refractivity (Wildman–Crippen MR) is 99.5 cm³/mol. The number of aromatic amines is 1. The first-order valence-electron chi connectivity index (χ1n) is 8.86. The van der Waals surface area contributed by atoms with Crippen molar-refractivity contribution < 1.29 is 14.3 Å². The minimum absolute atomic E-state index is 0.0222. The molecule has 0 spiro atoms. The molecule has 0 radical (unpaired) electrons. The normalized spacial score (nSPS) is 13.6. The number of hydrogen-bond acceptors (Lipinski definition) is 4. The summed E-state index contributed by atoms with van der Waals surface area (Å²) in [6, 6.07) is 9.50. The molecule has 3 heterocycles. The fourth-order valence-electron chi connectivity index (χ4n) is 3.33. The number of para-hydroxylation sites is 1. The maximum atomic E-state index is 13.0. The summed E-state index contributed by atoms with van der Waals surface area (Å²) in [6.07, 6.45) is 1.76. The summed E-state index contributed by atoms with van der Waals surface area (Å²) in [6.45, 7) is 2.43. The number of H-pyrrole nitrogens is 1. The average molecular weight is 367 g/mol. The SMILES string of the molecule is COCCNC(=O)c1cc2n(n1)CCN(C(=O)c1c[nH]c3ccccc13)C2. The Labute approximate surface area is 156 Å². The van der Waals surface area contributed by atoms with E-state index in [1.54, 1.807) is 29.0 Å². The molecule has 0 unspecified atom stereocenters. The van der Waals surface area contributed by atoms with Crippen LogP contribution in [0.5, 0.6) is 0 Å². The van der Waals surface area contributed by atoms with Gasteiger partial charge in [-0.1, -0.05) is 18.2 Å². The van der Waals surface area contributed by atoms with Gasteiger partial charge in [-0.15, -0.1) is 0 Å². The van der Waals surface area contributed by atoms with Gasteiger partial charge in [-0.3, -0.25) is 14.3 Å². The maximum Gasteiger partial charge on any atom is 0.271 e. The van der Waals surface area contributed by atoms with Crippen LogP contribution in [0.15, 0.2) is 36.5 Å². The summed E-state index contributed by atoms with van der Waals surface area (Å²) >= 11 is 0. The molecule has 0 saturated carbocycles. The van der Waals surface area contributed by atoms with Crippen molar-refractivity contribution >= 4 is 22.7 Å². The number of aromatic nitrogens is 3. The van der Waals surface area contributed by atoms with Crippen LogP contribution in [0.4, 0.5) is 0 Å². The molecule has 1 aliphatic heterocycles. The van der Waals surface area contributed by atoms with E-state index in [9.17, 15) is 9.59 Å². The lowest BCUT2D eigenvalue weighted by Crippen LogP contribution is -2.38. The number of rotatable bonds is 5.